The highest BCUT2D eigenvalue weighted by Gasteiger charge is 2.31. The summed E-state index contributed by atoms with van der Waals surface area (Å²) in [4.78, 5) is 11.9. The van der Waals surface area contributed by atoms with Gasteiger partial charge in [0.05, 0.1) is 30.5 Å². The van der Waals surface area contributed by atoms with Gasteiger partial charge in [0.2, 0.25) is 0 Å². The van der Waals surface area contributed by atoms with Crippen LogP contribution in [0.4, 0.5) is 4.79 Å². The van der Waals surface area contributed by atoms with Crippen molar-refractivity contribution in [3.8, 4) is 22.7 Å². The summed E-state index contributed by atoms with van der Waals surface area (Å²) >= 11 is 12.6. The van der Waals surface area contributed by atoms with Gasteiger partial charge >= 0.3 is 6.09 Å². The molecule has 0 aliphatic carbocycles. The summed E-state index contributed by atoms with van der Waals surface area (Å²) in [6.07, 6.45) is 0.946. The van der Waals surface area contributed by atoms with Crippen LogP contribution in [0.3, 0.4) is 0 Å². The van der Waals surface area contributed by atoms with Crippen LogP contribution >= 0.6 is 23.2 Å². The minimum absolute atomic E-state index is 0.338. The van der Waals surface area contributed by atoms with Crippen LogP contribution in [0.5, 0.6) is 5.75 Å². The lowest BCUT2D eigenvalue weighted by atomic mass is 10.1. The second kappa shape index (κ2) is 8.35. The summed E-state index contributed by atoms with van der Waals surface area (Å²) in [6.45, 7) is 0.515. The van der Waals surface area contributed by atoms with E-state index in [0.717, 1.165) is 17.7 Å². The Bertz CT molecular complexity index is 1030. The molecule has 2 heterocycles. The highest BCUT2D eigenvalue weighted by Crippen LogP contribution is 2.42. The maximum atomic E-state index is 11.9. The van der Waals surface area contributed by atoms with E-state index in [2.05, 4.69) is 5.32 Å². The van der Waals surface area contributed by atoms with Crippen LogP contribution in [0.2, 0.25) is 10.0 Å². The molecule has 4 rings (SSSR count). The van der Waals surface area contributed by atoms with Gasteiger partial charge in [0.25, 0.3) is 0 Å². The normalized spacial score (nSPS) is 15.8. The molecular formula is C21H19Cl2N3O3. The Hall–Kier alpha value is -2.70. The third kappa shape index (κ3) is 3.91. The van der Waals surface area contributed by atoms with Crippen molar-refractivity contribution >= 4 is 29.3 Å². The number of amides is 1. The molecule has 0 bridgehead atoms. The van der Waals surface area contributed by atoms with Crippen molar-refractivity contribution in [1.29, 1.82) is 0 Å². The molecule has 8 heteroatoms. The lowest BCUT2D eigenvalue weighted by Gasteiger charge is -2.13. The molecule has 0 spiro atoms. The summed E-state index contributed by atoms with van der Waals surface area (Å²) in [5.41, 5.74) is 2.98. The van der Waals surface area contributed by atoms with Gasteiger partial charge in [0.15, 0.2) is 5.75 Å². The van der Waals surface area contributed by atoms with Gasteiger partial charge in [0, 0.05) is 10.6 Å². The smallest absolute Gasteiger partial charge is 0.407 e. The van der Waals surface area contributed by atoms with E-state index in [1.165, 1.54) is 7.11 Å². The fourth-order valence-electron chi connectivity index (χ4n) is 3.39. The SMILES string of the molecule is COC(=O)NC1CCCOc2c1nn(-c1ccccc1Cl)c2-c1ccc(Cl)cc1. The van der Waals surface area contributed by atoms with Crippen molar-refractivity contribution < 1.29 is 14.3 Å². The molecule has 2 aromatic carbocycles. The topological polar surface area (TPSA) is 65.4 Å². The molecule has 1 N–H and O–H groups in total. The first-order valence-corrected chi connectivity index (χ1v) is 9.95. The number of para-hydroxylation sites is 1. The van der Waals surface area contributed by atoms with E-state index in [0.29, 0.717) is 40.2 Å². The average molecular weight is 432 g/mol. The minimum atomic E-state index is -0.511. The van der Waals surface area contributed by atoms with E-state index in [1.54, 1.807) is 10.7 Å². The summed E-state index contributed by atoms with van der Waals surface area (Å²) < 4.78 is 12.6. The lowest BCUT2D eigenvalue weighted by Crippen LogP contribution is -2.28. The Labute approximate surface area is 178 Å². The van der Waals surface area contributed by atoms with Gasteiger partial charge in [-0.15, -0.1) is 0 Å². The number of alkyl carbamates (subject to hydrolysis) is 1. The van der Waals surface area contributed by atoms with Gasteiger partial charge in [-0.3, -0.25) is 0 Å². The molecule has 3 aromatic rings. The first kappa shape index (κ1) is 19.6. The largest absolute Gasteiger partial charge is 0.489 e. The molecular weight excluding hydrogens is 413 g/mol. The number of fused-ring (bicyclic) bond motifs is 1. The molecule has 6 nitrogen and oxygen atoms in total. The summed E-state index contributed by atoms with van der Waals surface area (Å²) in [5, 5.41) is 8.86. The standard InChI is InChI=1S/C21H19Cl2N3O3/c1-28-21(27)24-16-6-4-12-29-20-18(16)25-26(17-7-3-2-5-15(17)23)19(20)13-8-10-14(22)11-9-13/h2-3,5,7-11,16H,4,6,12H2,1H3,(H,24,27). The highest BCUT2D eigenvalue weighted by atomic mass is 35.5. The van der Waals surface area contributed by atoms with Crippen molar-refractivity contribution in [2.24, 2.45) is 0 Å². The number of rotatable bonds is 3. The first-order chi connectivity index (χ1) is 14.1. The summed E-state index contributed by atoms with van der Waals surface area (Å²) in [6, 6.07) is 14.5. The number of nitrogens with zero attached hydrogens (tertiary/aromatic N) is 2. The van der Waals surface area contributed by atoms with Crippen molar-refractivity contribution in [3.63, 3.8) is 0 Å². The number of nitrogens with one attached hydrogen (secondary N) is 1. The molecule has 1 unspecified atom stereocenters. The number of hydrogen-bond donors (Lipinski definition) is 1. The third-order valence-electron chi connectivity index (χ3n) is 4.76. The maximum Gasteiger partial charge on any atom is 0.407 e. The fraction of sp³-hybridized carbons (Fsp3) is 0.238. The molecule has 1 amide bonds. The van der Waals surface area contributed by atoms with Crippen LogP contribution in [0.1, 0.15) is 24.6 Å². The Morgan fingerprint density at radius 3 is 2.69 bits per heavy atom. The molecule has 1 aliphatic rings. The summed E-state index contributed by atoms with van der Waals surface area (Å²) in [7, 11) is 1.34. The van der Waals surface area contributed by atoms with Gasteiger partial charge < -0.3 is 14.8 Å². The quantitative estimate of drug-likeness (QED) is 0.601. The zero-order valence-electron chi connectivity index (χ0n) is 15.7. The van der Waals surface area contributed by atoms with E-state index < -0.39 is 6.09 Å². The van der Waals surface area contributed by atoms with E-state index >= 15 is 0 Å². The third-order valence-corrected chi connectivity index (χ3v) is 5.33. The van der Waals surface area contributed by atoms with Crippen LogP contribution in [0.15, 0.2) is 48.5 Å². The van der Waals surface area contributed by atoms with Gasteiger partial charge in [-0.2, -0.15) is 5.10 Å². The van der Waals surface area contributed by atoms with E-state index in [1.807, 2.05) is 42.5 Å². The lowest BCUT2D eigenvalue weighted by molar-refractivity contribution is 0.165. The molecule has 150 valence electrons. The summed E-state index contributed by atoms with van der Waals surface area (Å²) in [5.74, 6) is 0.617. The number of halogens is 2. The Kier molecular flexibility index (Phi) is 5.65. The molecule has 1 aromatic heterocycles. The Morgan fingerprint density at radius 2 is 1.97 bits per heavy atom. The van der Waals surface area contributed by atoms with E-state index in [-0.39, 0.29) is 6.04 Å². The highest BCUT2D eigenvalue weighted by molar-refractivity contribution is 6.32. The second-order valence-electron chi connectivity index (χ2n) is 6.61. The van der Waals surface area contributed by atoms with Gasteiger partial charge in [-0.05, 0) is 37.1 Å². The Balaban J connectivity index is 1.93. The van der Waals surface area contributed by atoms with Crippen LogP contribution < -0.4 is 10.1 Å². The first-order valence-electron chi connectivity index (χ1n) is 9.19. The molecule has 1 aliphatic heterocycles. The van der Waals surface area contributed by atoms with Crippen LogP contribution in [0.25, 0.3) is 16.9 Å². The van der Waals surface area contributed by atoms with Gasteiger partial charge in [-0.1, -0.05) is 47.5 Å². The van der Waals surface area contributed by atoms with Gasteiger partial charge in [0.1, 0.15) is 11.4 Å². The Morgan fingerprint density at radius 1 is 1.21 bits per heavy atom. The van der Waals surface area contributed by atoms with Crippen molar-refractivity contribution in [2.45, 2.75) is 18.9 Å². The van der Waals surface area contributed by atoms with Gasteiger partial charge in [-0.25, -0.2) is 9.48 Å². The molecule has 0 radical (unpaired) electrons. The number of carbonyl (C=O) groups is 1. The van der Waals surface area contributed by atoms with E-state index in [4.69, 9.17) is 37.8 Å². The number of carbonyl (C=O) groups excluding carboxylic acids is 1. The molecule has 0 fully saturated rings. The minimum Gasteiger partial charge on any atom is -0.489 e. The van der Waals surface area contributed by atoms with Crippen LogP contribution in [-0.4, -0.2) is 29.6 Å². The number of aromatic nitrogens is 2. The molecule has 29 heavy (non-hydrogen) atoms. The number of methoxy groups -OCH3 is 1. The second-order valence-corrected chi connectivity index (χ2v) is 7.46. The monoisotopic (exact) mass is 431 g/mol. The predicted octanol–water partition coefficient (Wildman–Crippen LogP) is 5.42. The van der Waals surface area contributed by atoms with Crippen molar-refractivity contribution in [1.82, 2.24) is 15.1 Å². The molecule has 1 atom stereocenters. The van der Waals surface area contributed by atoms with Crippen LogP contribution in [-0.2, 0) is 4.74 Å². The average Bonchev–Trinajstić information content (AvgIpc) is 2.99. The predicted molar refractivity (Wildman–Crippen MR) is 112 cm³/mol. The van der Waals surface area contributed by atoms with Crippen LogP contribution in [0, 0.1) is 0 Å². The molecule has 0 saturated heterocycles. The molecule has 0 saturated carbocycles. The number of ether oxygens (including phenoxy) is 2. The zero-order chi connectivity index (χ0) is 20.4. The van der Waals surface area contributed by atoms with Crippen molar-refractivity contribution in [2.75, 3.05) is 13.7 Å². The number of benzene rings is 2. The number of hydrogen-bond acceptors (Lipinski definition) is 4. The van der Waals surface area contributed by atoms with E-state index in [9.17, 15) is 4.79 Å². The zero-order valence-corrected chi connectivity index (χ0v) is 17.2. The fourth-order valence-corrected chi connectivity index (χ4v) is 3.73. The maximum absolute atomic E-state index is 11.9. The van der Waals surface area contributed by atoms with Crippen molar-refractivity contribution in [3.05, 3.63) is 64.3 Å².